The van der Waals surface area contributed by atoms with Gasteiger partial charge in [-0.05, 0) is 119 Å². The summed E-state index contributed by atoms with van der Waals surface area (Å²) in [6, 6.07) is 0. The Morgan fingerprint density at radius 3 is 1.98 bits per heavy atom. The molecule has 9 atom stereocenters. The summed E-state index contributed by atoms with van der Waals surface area (Å²) in [5.74, 6) is 0.237. The first kappa shape index (κ1) is 50.7. The lowest BCUT2D eigenvalue weighted by Crippen LogP contribution is -2.65. The number of methoxy groups -OCH3 is 1. The van der Waals surface area contributed by atoms with Crippen molar-refractivity contribution in [2.75, 3.05) is 31.5 Å². The maximum atomic E-state index is 7.39. The third-order valence-corrected chi connectivity index (χ3v) is 21.6. The number of ether oxygens (including phenoxy) is 4. The zero-order valence-electron chi connectivity index (χ0n) is 38.1. The van der Waals surface area contributed by atoms with Gasteiger partial charge < -0.3 is 32.2 Å². The zero-order valence-corrected chi connectivity index (χ0v) is 43.3. The van der Waals surface area contributed by atoms with E-state index < -0.39 is 30.7 Å². The second kappa shape index (κ2) is 21.2. The van der Waals surface area contributed by atoms with E-state index in [-0.39, 0.29) is 48.5 Å². The van der Waals surface area contributed by atoms with Crippen molar-refractivity contribution in [2.24, 2.45) is 29.1 Å². The Labute approximate surface area is 350 Å². The molecule has 2 aliphatic rings. The average molecular weight is 925 g/mol. The molecule has 1 fully saturated rings. The van der Waals surface area contributed by atoms with E-state index in [4.69, 9.17) is 32.2 Å². The molecule has 0 N–H and O–H groups in total. The predicted octanol–water partition coefficient (Wildman–Crippen LogP) is 12.4. The molecular weight excluding hydrogens is 840 g/mol. The van der Waals surface area contributed by atoms with Crippen LogP contribution in [0.3, 0.4) is 0 Å². The molecule has 0 aromatic carbocycles. The van der Waals surface area contributed by atoms with Gasteiger partial charge in [-0.15, -0.1) is 6.58 Å². The smallest absolute Gasteiger partial charge is 0.200 e. The van der Waals surface area contributed by atoms with Gasteiger partial charge in [0, 0.05) is 29.5 Å². The Hall–Kier alpha value is 0.581. The van der Waals surface area contributed by atoms with Crippen molar-refractivity contribution in [3.05, 3.63) is 24.3 Å². The molecule has 0 aromatic rings. The molecule has 1 aliphatic heterocycles. The lowest BCUT2D eigenvalue weighted by Gasteiger charge is -2.58. The molecule has 11 heteroatoms. The normalized spacial score (nSPS) is 27.9. The fraction of sp³-hybridized carbons (Fsp3) is 0.907. The molecular formula is C43H85IO7Si3. The van der Waals surface area contributed by atoms with Crippen molar-refractivity contribution in [1.29, 1.82) is 0 Å². The molecule has 1 heterocycles. The van der Waals surface area contributed by atoms with E-state index in [2.05, 4.69) is 157 Å². The third kappa shape index (κ3) is 13.6. The van der Waals surface area contributed by atoms with Gasteiger partial charge >= 0.3 is 0 Å². The number of rotatable bonds is 23. The van der Waals surface area contributed by atoms with E-state index in [1.807, 2.05) is 0 Å². The highest BCUT2D eigenvalue weighted by Crippen LogP contribution is 2.55. The van der Waals surface area contributed by atoms with Crippen molar-refractivity contribution in [3.8, 4) is 0 Å². The highest BCUT2D eigenvalue weighted by Gasteiger charge is 2.58. The first-order valence-corrected chi connectivity index (χ1v) is 31.6. The minimum atomic E-state index is -2.05. The van der Waals surface area contributed by atoms with Crippen LogP contribution in [0.5, 0.6) is 0 Å². The predicted molar refractivity (Wildman–Crippen MR) is 244 cm³/mol. The number of alkyl halides is 1. The second-order valence-corrected chi connectivity index (χ2v) is 35.5. The molecule has 318 valence electrons. The zero-order chi connectivity index (χ0) is 41.4. The van der Waals surface area contributed by atoms with Crippen molar-refractivity contribution < 1.29 is 32.2 Å². The van der Waals surface area contributed by atoms with Crippen LogP contribution in [0.15, 0.2) is 24.3 Å². The van der Waals surface area contributed by atoms with Crippen LogP contribution in [0.25, 0.3) is 0 Å². The summed E-state index contributed by atoms with van der Waals surface area (Å²) >= 11 is 2.51. The lowest BCUT2D eigenvalue weighted by atomic mass is 9.57. The van der Waals surface area contributed by atoms with Crippen LogP contribution >= 0.6 is 22.6 Å². The minimum absolute atomic E-state index is 0.00634. The molecule has 7 nitrogen and oxygen atoms in total. The second-order valence-electron chi connectivity index (χ2n) is 20.3. The molecule has 1 aliphatic carbocycles. The van der Waals surface area contributed by atoms with Gasteiger partial charge in [-0.3, -0.25) is 0 Å². The topological polar surface area (TPSA) is 64.6 Å². The largest absolute Gasteiger partial charge is 0.416 e. The van der Waals surface area contributed by atoms with Gasteiger partial charge in [0.15, 0.2) is 30.7 Å². The number of hydrogen-bond donors (Lipinski definition) is 0. The minimum Gasteiger partial charge on any atom is -0.416 e. The monoisotopic (exact) mass is 924 g/mol. The molecule has 0 bridgehead atoms. The maximum Gasteiger partial charge on any atom is 0.200 e. The number of halogens is 1. The molecule has 0 amide bonds. The van der Waals surface area contributed by atoms with Crippen LogP contribution in [-0.4, -0.2) is 86.7 Å². The summed E-state index contributed by atoms with van der Waals surface area (Å²) in [6.07, 6.45) is 7.67. The van der Waals surface area contributed by atoms with Crippen LogP contribution in [0, 0.1) is 29.1 Å². The summed E-state index contributed by atoms with van der Waals surface area (Å²) in [5, 5.41) is 0. The quantitative estimate of drug-likeness (QED) is 0.0253. The molecule has 0 saturated carbocycles. The first-order valence-electron chi connectivity index (χ1n) is 21.1. The Kier molecular flexibility index (Phi) is 19.9. The average Bonchev–Trinajstić information content (AvgIpc) is 3.03. The molecule has 0 radical (unpaired) electrons. The van der Waals surface area contributed by atoms with Gasteiger partial charge in [-0.2, -0.15) is 0 Å². The van der Waals surface area contributed by atoms with Gasteiger partial charge in [0.25, 0.3) is 0 Å². The van der Waals surface area contributed by atoms with Gasteiger partial charge in [-0.25, -0.2) is 0 Å². The maximum absolute atomic E-state index is 7.39. The van der Waals surface area contributed by atoms with E-state index in [1.165, 1.54) is 5.57 Å². The molecule has 2 rings (SSSR count). The third-order valence-electron chi connectivity index (χ3n) is 12.1. The Balaban J connectivity index is 2.89. The summed E-state index contributed by atoms with van der Waals surface area (Å²) in [4.78, 5) is 0. The standard InChI is InChI=1S/C43H85IO7Si3/c1-20-21-38(50-52(14,15)16)43(25-33(8)35(10)27-47-54(30(2)3,31(4)5)32(6)7)23-22-36(28-46-29-45-13)24-37(43)40-41(51-53(17,18)19)39(34(9)26-44)48-42(11,12)49-40/h20,24,30-35,37-41H,1,21-23,25-29H2,2-19H3/t33-,34+,35-,37+,38?,39+,40-,41+,43+/m0/s1. The molecule has 0 spiro atoms. The van der Waals surface area contributed by atoms with Crippen LogP contribution < -0.4 is 0 Å². The summed E-state index contributed by atoms with van der Waals surface area (Å²) in [5.41, 5.74) is 2.69. The van der Waals surface area contributed by atoms with Gasteiger partial charge in [-0.1, -0.05) is 97.1 Å². The van der Waals surface area contributed by atoms with Crippen molar-refractivity contribution in [3.63, 3.8) is 0 Å². The van der Waals surface area contributed by atoms with Crippen LogP contribution in [0.1, 0.15) is 102 Å². The van der Waals surface area contributed by atoms with Crippen LogP contribution in [0.4, 0.5) is 0 Å². The highest BCUT2D eigenvalue weighted by atomic mass is 127. The van der Waals surface area contributed by atoms with Gasteiger partial charge in [0.1, 0.15) is 6.79 Å². The Morgan fingerprint density at radius 1 is 0.907 bits per heavy atom. The SMILES string of the molecule is C=CCC(O[Si](C)(C)C)[C@@]1(C[C@H](C)[C@@H](C)CO[Si](C(C)C)(C(C)C)C(C)C)CCC(COCOC)=C[C@@H]1[C@@H]1OC(C)(C)O[C@H]([C@H](C)CI)[C@H]1O[Si](C)(C)C. The first-order chi connectivity index (χ1) is 24.8. The molecule has 1 unspecified atom stereocenters. The van der Waals surface area contributed by atoms with E-state index >= 15 is 0 Å². The fourth-order valence-corrected chi connectivity index (χ4v) is 18.0. The fourth-order valence-electron chi connectivity index (χ4n) is 9.68. The van der Waals surface area contributed by atoms with E-state index in [9.17, 15) is 0 Å². The molecule has 1 saturated heterocycles. The number of hydrogen-bond acceptors (Lipinski definition) is 7. The van der Waals surface area contributed by atoms with Crippen molar-refractivity contribution >= 4 is 47.5 Å². The summed E-state index contributed by atoms with van der Waals surface area (Å²) in [7, 11) is -4.40. The summed E-state index contributed by atoms with van der Waals surface area (Å²) < 4.78 is 48.4. The lowest BCUT2D eigenvalue weighted by molar-refractivity contribution is -0.348. The van der Waals surface area contributed by atoms with Crippen LogP contribution in [-0.2, 0) is 32.2 Å². The van der Waals surface area contributed by atoms with Crippen molar-refractivity contribution in [2.45, 2.75) is 188 Å². The van der Waals surface area contributed by atoms with Gasteiger partial charge in [0.2, 0.25) is 0 Å². The van der Waals surface area contributed by atoms with Crippen molar-refractivity contribution in [1.82, 2.24) is 0 Å². The highest BCUT2D eigenvalue weighted by molar-refractivity contribution is 14.1. The van der Waals surface area contributed by atoms with E-state index in [0.29, 0.717) is 35.1 Å². The van der Waals surface area contributed by atoms with E-state index in [1.54, 1.807) is 7.11 Å². The molecule has 54 heavy (non-hydrogen) atoms. The molecule has 0 aromatic heterocycles. The Morgan fingerprint density at radius 2 is 1.50 bits per heavy atom. The summed E-state index contributed by atoms with van der Waals surface area (Å²) in [6.45, 7) is 45.4. The van der Waals surface area contributed by atoms with Crippen LogP contribution in [0.2, 0.25) is 55.9 Å². The van der Waals surface area contributed by atoms with Gasteiger partial charge in [0.05, 0.1) is 31.0 Å². The Bertz CT molecular complexity index is 1140. The van der Waals surface area contributed by atoms with E-state index in [0.717, 1.165) is 36.7 Å².